The van der Waals surface area contributed by atoms with Gasteiger partial charge in [-0.3, -0.25) is 4.79 Å². The molecular weight excluding hydrogens is 313 g/mol. The van der Waals surface area contributed by atoms with Gasteiger partial charge in [-0.1, -0.05) is 0 Å². The molecule has 3 N–H and O–H groups in total. The average Bonchev–Trinajstić information content (AvgIpc) is 2.49. The first-order chi connectivity index (χ1) is 11.3. The van der Waals surface area contributed by atoms with Gasteiger partial charge in [0, 0.05) is 11.2 Å². The molecule has 1 aliphatic heterocycles. The number of hydrogen-bond acceptors (Lipinski definition) is 6. The number of nitrogens with zero attached hydrogens (tertiary/aromatic N) is 2. The summed E-state index contributed by atoms with van der Waals surface area (Å²) in [6.07, 6.45) is 1.10. The smallest absolute Gasteiger partial charge is 0.262 e. The van der Waals surface area contributed by atoms with Crippen LogP contribution in [-0.4, -0.2) is 28.0 Å². The van der Waals surface area contributed by atoms with Crippen molar-refractivity contribution < 1.29 is 13.9 Å². The molecule has 0 bridgehead atoms. The Kier molecular flexibility index (Phi) is 3.96. The van der Waals surface area contributed by atoms with Crippen LogP contribution in [0.1, 0.15) is 20.8 Å². The Morgan fingerprint density at radius 1 is 1.33 bits per heavy atom. The molecule has 2 aromatic rings. The highest BCUT2D eigenvalue weighted by Gasteiger charge is 2.17. The zero-order valence-electron chi connectivity index (χ0n) is 13.6. The van der Waals surface area contributed by atoms with Crippen LogP contribution in [0, 0.1) is 5.82 Å². The number of anilines is 4. The minimum absolute atomic E-state index is 0.0118. The highest BCUT2D eigenvalue weighted by Crippen LogP contribution is 2.31. The van der Waals surface area contributed by atoms with Crippen LogP contribution in [0.2, 0.25) is 0 Å². The van der Waals surface area contributed by atoms with Crippen molar-refractivity contribution in [1.82, 2.24) is 9.97 Å². The number of carbonyl (C=O) groups excluding carboxylic acids is 1. The number of nitrogens with one attached hydrogen (secondary N) is 3. The lowest BCUT2D eigenvalue weighted by Gasteiger charge is -2.21. The summed E-state index contributed by atoms with van der Waals surface area (Å²) in [5.74, 6) is 0.121. The second-order valence-electron chi connectivity index (χ2n) is 6.44. The monoisotopic (exact) mass is 331 g/mol. The largest absolute Gasteiger partial charge is 0.482 e. The Hall–Kier alpha value is -2.90. The summed E-state index contributed by atoms with van der Waals surface area (Å²) in [5, 5.41) is 8.68. The topological polar surface area (TPSA) is 88.2 Å². The Morgan fingerprint density at radius 3 is 2.88 bits per heavy atom. The number of carbonyl (C=O) groups is 1. The average molecular weight is 331 g/mol. The van der Waals surface area contributed by atoms with E-state index in [1.807, 2.05) is 20.8 Å². The molecular formula is C16H18FN5O2. The van der Waals surface area contributed by atoms with Crippen molar-refractivity contribution in [2.45, 2.75) is 26.3 Å². The van der Waals surface area contributed by atoms with Crippen molar-refractivity contribution in [1.29, 1.82) is 0 Å². The van der Waals surface area contributed by atoms with Crippen molar-refractivity contribution in [3.63, 3.8) is 0 Å². The van der Waals surface area contributed by atoms with Gasteiger partial charge in [-0.05, 0) is 39.0 Å². The van der Waals surface area contributed by atoms with E-state index in [1.165, 1.54) is 0 Å². The number of amides is 1. The molecule has 1 amide bonds. The molecule has 1 aromatic carbocycles. The van der Waals surface area contributed by atoms with Crippen molar-refractivity contribution in [3.05, 3.63) is 30.2 Å². The van der Waals surface area contributed by atoms with Crippen molar-refractivity contribution in [2.24, 2.45) is 0 Å². The number of benzene rings is 1. The summed E-state index contributed by atoms with van der Waals surface area (Å²) < 4.78 is 19.3. The second kappa shape index (κ2) is 5.95. The number of rotatable bonds is 3. The van der Waals surface area contributed by atoms with Crippen LogP contribution >= 0.6 is 0 Å². The zero-order chi connectivity index (χ0) is 17.3. The van der Waals surface area contributed by atoms with Crippen LogP contribution in [0.5, 0.6) is 5.75 Å². The van der Waals surface area contributed by atoms with Crippen LogP contribution in [0.15, 0.2) is 24.4 Å². The van der Waals surface area contributed by atoms with E-state index < -0.39 is 5.82 Å². The van der Waals surface area contributed by atoms with Crippen molar-refractivity contribution in [3.8, 4) is 5.75 Å². The van der Waals surface area contributed by atoms with Gasteiger partial charge in [0.1, 0.15) is 5.75 Å². The zero-order valence-corrected chi connectivity index (χ0v) is 13.6. The molecule has 7 nitrogen and oxygen atoms in total. The van der Waals surface area contributed by atoms with E-state index in [2.05, 4.69) is 25.9 Å². The molecule has 24 heavy (non-hydrogen) atoms. The third-order valence-electron chi connectivity index (χ3n) is 3.11. The lowest BCUT2D eigenvalue weighted by Crippen LogP contribution is -2.27. The molecule has 126 valence electrons. The molecule has 8 heteroatoms. The highest BCUT2D eigenvalue weighted by atomic mass is 19.1. The number of fused-ring (bicyclic) bond motifs is 1. The number of aromatic nitrogens is 2. The van der Waals surface area contributed by atoms with Gasteiger partial charge in [0.25, 0.3) is 5.91 Å². The highest BCUT2D eigenvalue weighted by molar-refractivity contribution is 5.96. The Balaban J connectivity index is 1.84. The molecule has 0 unspecified atom stereocenters. The molecule has 0 fully saturated rings. The summed E-state index contributed by atoms with van der Waals surface area (Å²) in [6, 6.07) is 5.07. The molecule has 0 saturated carbocycles. The molecule has 0 radical (unpaired) electrons. The van der Waals surface area contributed by atoms with Gasteiger partial charge >= 0.3 is 0 Å². The third kappa shape index (κ3) is 3.70. The van der Waals surface area contributed by atoms with Gasteiger partial charge in [-0.15, -0.1) is 0 Å². The van der Waals surface area contributed by atoms with Crippen LogP contribution in [0.3, 0.4) is 0 Å². The van der Waals surface area contributed by atoms with E-state index in [1.54, 1.807) is 18.2 Å². The standard InChI is InChI=1S/C16H18FN5O2/c1-16(2,3)22-15-18-7-10(17)14(21-15)19-9-4-5-12-11(6-9)20-13(23)8-24-12/h4-7H,8H2,1-3H3,(H,20,23)(H2,18,19,21,22). The maximum absolute atomic E-state index is 14.0. The van der Waals surface area contributed by atoms with Gasteiger partial charge in [-0.25, -0.2) is 9.37 Å². The van der Waals surface area contributed by atoms with Gasteiger partial charge in [-0.2, -0.15) is 4.98 Å². The maximum Gasteiger partial charge on any atom is 0.262 e. The first-order valence-electron chi connectivity index (χ1n) is 7.45. The van der Waals surface area contributed by atoms with Crippen molar-refractivity contribution in [2.75, 3.05) is 22.6 Å². The molecule has 0 aliphatic carbocycles. The predicted molar refractivity (Wildman–Crippen MR) is 89.2 cm³/mol. The van der Waals surface area contributed by atoms with Crippen LogP contribution in [0.4, 0.5) is 27.5 Å². The predicted octanol–water partition coefficient (Wildman–Crippen LogP) is 2.90. The van der Waals surface area contributed by atoms with Gasteiger partial charge in [0.05, 0.1) is 11.9 Å². The van der Waals surface area contributed by atoms with E-state index in [4.69, 9.17) is 4.74 Å². The lowest BCUT2D eigenvalue weighted by molar-refractivity contribution is -0.118. The number of hydrogen-bond donors (Lipinski definition) is 3. The summed E-state index contributed by atoms with van der Waals surface area (Å²) in [6.45, 7) is 5.86. The molecule has 2 heterocycles. The number of halogens is 1. The van der Waals surface area contributed by atoms with Crippen LogP contribution < -0.4 is 20.7 Å². The normalized spacial score (nSPS) is 13.6. The van der Waals surface area contributed by atoms with E-state index in [-0.39, 0.29) is 23.9 Å². The molecule has 0 spiro atoms. The first-order valence-corrected chi connectivity index (χ1v) is 7.45. The molecule has 0 saturated heterocycles. The van der Waals surface area contributed by atoms with Gasteiger partial charge in [0.15, 0.2) is 18.2 Å². The van der Waals surface area contributed by atoms with Gasteiger partial charge in [0.2, 0.25) is 5.95 Å². The van der Waals surface area contributed by atoms with Crippen LogP contribution in [0.25, 0.3) is 0 Å². The third-order valence-corrected chi connectivity index (χ3v) is 3.11. The van der Waals surface area contributed by atoms with Crippen molar-refractivity contribution >= 4 is 29.0 Å². The van der Waals surface area contributed by atoms with Gasteiger partial charge < -0.3 is 20.7 Å². The number of ether oxygens (including phenoxy) is 1. The minimum Gasteiger partial charge on any atom is -0.482 e. The molecule has 1 aromatic heterocycles. The summed E-state index contributed by atoms with van der Waals surface area (Å²) >= 11 is 0. The quantitative estimate of drug-likeness (QED) is 0.801. The Labute approximate surface area is 138 Å². The minimum atomic E-state index is -0.576. The second-order valence-corrected chi connectivity index (χ2v) is 6.44. The Morgan fingerprint density at radius 2 is 2.12 bits per heavy atom. The first kappa shape index (κ1) is 16.0. The summed E-state index contributed by atoms with van der Waals surface area (Å²) in [4.78, 5) is 19.5. The maximum atomic E-state index is 14.0. The summed E-state index contributed by atoms with van der Waals surface area (Å²) in [7, 11) is 0. The Bertz CT molecular complexity index is 789. The van der Waals surface area contributed by atoms with Crippen LogP contribution in [-0.2, 0) is 4.79 Å². The summed E-state index contributed by atoms with van der Waals surface area (Å²) in [5.41, 5.74) is 0.848. The van der Waals surface area contributed by atoms with E-state index in [0.717, 1.165) is 6.20 Å². The van der Waals surface area contributed by atoms with E-state index in [9.17, 15) is 9.18 Å². The fraction of sp³-hybridized carbons (Fsp3) is 0.312. The lowest BCUT2D eigenvalue weighted by atomic mass is 10.1. The van der Waals surface area contributed by atoms with E-state index in [0.29, 0.717) is 23.1 Å². The SMILES string of the molecule is CC(C)(C)Nc1ncc(F)c(Nc2ccc3c(c2)NC(=O)CO3)n1. The molecule has 0 atom stereocenters. The molecule has 3 rings (SSSR count). The molecule has 1 aliphatic rings. The fourth-order valence-electron chi connectivity index (χ4n) is 2.15. The fourth-order valence-corrected chi connectivity index (χ4v) is 2.15. The van der Waals surface area contributed by atoms with E-state index >= 15 is 0 Å².